The summed E-state index contributed by atoms with van der Waals surface area (Å²) < 4.78 is 11.4. The molecule has 1 aliphatic rings. The van der Waals surface area contributed by atoms with Crippen molar-refractivity contribution in [1.82, 2.24) is 5.32 Å². The Balaban J connectivity index is 1.52. The van der Waals surface area contributed by atoms with Gasteiger partial charge in [-0.3, -0.25) is 0 Å². The van der Waals surface area contributed by atoms with Crippen molar-refractivity contribution >= 4 is 22.4 Å². The summed E-state index contributed by atoms with van der Waals surface area (Å²) in [6.07, 6.45) is 2.72. The Kier molecular flexibility index (Phi) is 4.96. The van der Waals surface area contributed by atoms with Crippen molar-refractivity contribution in [2.75, 3.05) is 26.3 Å². The molecule has 1 aliphatic heterocycles. The minimum Gasteiger partial charge on any atom is -0.492 e. The molecule has 112 valence electrons. The molecular weight excluding hydrogens is 286 g/mol. The Hall–Kier alpha value is -1.29. The van der Waals surface area contributed by atoms with Crippen LogP contribution in [0, 0.1) is 0 Å². The molecule has 0 aliphatic carbocycles. The molecule has 3 nitrogen and oxygen atoms in total. The summed E-state index contributed by atoms with van der Waals surface area (Å²) in [6, 6.07) is 11.9. The standard InChI is InChI=1S/C17H20ClNO2/c18-16-7-8-17(15-6-2-1-5-14(15)16)21-11-9-19-12-13-4-3-10-20-13/h1-2,5-8,13,19H,3-4,9-12H2/t13-/m1/s1. The van der Waals surface area contributed by atoms with Gasteiger partial charge in [-0.25, -0.2) is 0 Å². The Labute approximate surface area is 130 Å². The third-order valence-electron chi connectivity index (χ3n) is 3.76. The molecule has 0 radical (unpaired) electrons. The van der Waals surface area contributed by atoms with Gasteiger partial charge in [-0.15, -0.1) is 0 Å². The number of ether oxygens (including phenoxy) is 2. The quantitative estimate of drug-likeness (QED) is 0.827. The lowest BCUT2D eigenvalue weighted by Gasteiger charge is -2.13. The Bertz CT molecular complexity index is 596. The Morgan fingerprint density at radius 3 is 2.86 bits per heavy atom. The summed E-state index contributed by atoms with van der Waals surface area (Å²) in [5, 5.41) is 6.23. The fourth-order valence-electron chi connectivity index (χ4n) is 2.66. The van der Waals surface area contributed by atoms with Crippen LogP contribution in [0.5, 0.6) is 5.75 Å². The summed E-state index contributed by atoms with van der Waals surface area (Å²) >= 11 is 6.20. The lowest BCUT2D eigenvalue weighted by atomic mass is 10.1. The van der Waals surface area contributed by atoms with Crippen molar-refractivity contribution in [2.24, 2.45) is 0 Å². The van der Waals surface area contributed by atoms with Crippen LogP contribution in [0.1, 0.15) is 12.8 Å². The summed E-state index contributed by atoms with van der Waals surface area (Å²) in [5.74, 6) is 0.883. The van der Waals surface area contributed by atoms with E-state index in [1.54, 1.807) is 0 Å². The van der Waals surface area contributed by atoms with Gasteiger partial charge in [0.25, 0.3) is 0 Å². The maximum atomic E-state index is 6.20. The summed E-state index contributed by atoms with van der Waals surface area (Å²) in [7, 11) is 0. The first kappa shape index (κ1) is 14.6. The van der Waals surface area contributed by atoms with Gasteiger partial charge in [-0.1, -0.05) is 35.9 Å². The van der Waals surface area contributed by atoms with E-state index in [0.29, 0.717) is 12.7 Å². The van der Waals surface area contributed by atoms with E-state index in [2.05, 4.69) is 5.32 Å². The smallest absolute Gasteiger partial charge is 0.127 e. The van der Waals surface area contributed by atoms with Gasteiger partial charge in [0.1, 0.15) is 12.4 Å². The minimum absolute atomic E-state index is 0.376. The van der Waals surface area contributed by atoms with E-state index in [4.69, 9.17) is 21.1 Å². The van der Waals surface area contributed by atoms with E-state index in [-0.39, 0.29) is 0 Å². The van der Waals surface area contributed by atoms with Crippen LogP contribution < -0.4 is 10.1 Å². The molecule has 0 spiro atoms. The lowest BCUT2D eigenvalue weighted by Crippen LogP contribution is -2.29. The largest absolute Gasteiger partial charge is 0.492 e. The van der Waals surface area contributed by atoms with Gasteiger partial charge < -0.3 is 14.8 Å². The van der Waals surface area contributed by atoms with Gasteiger partial charge in [0, 0.05) is 35.5 Å². The monoisotopic (exact) mass is 305 g/mol. The van der Waals surface area contributed by atoms with E-state index >= 15 is 0 Å². The molecule has 0 aromatic heterocycles. The fourth-order valence-corrected chi connectivity index (χ4v) is 2.89. The second-order valence-corrected chi connectivity index (χ2v) is 5.69. The van der Waals surface area contributed by atoms with E-state index in [1.807, 2.05) is 36.4 Å². The number of fused-ring (bicyclic) bond motifs is 1. The second-order valence-electron chi connectivity index (χ2n) is 5.28. The van der Waals surface area contributed by atoms with Crippen molar-refractivity contribution < 1.29 is 9.47 Å². The highest BCUT2D eigenvalue weighted by Crippen LogP contribution is 2.31. The van der Waals surface area contributed by atoms with Gasteiger partial charge in [0.05, 0.1) is 6.10 Å². The van der Waals surface area contributed by atoms with Crippen molar-refractivity contribution in [1.29, 1.82) is 0 Å². The summed E-state index contributed by atoms with van der Waals surface area (Å²) in [6.45, 7) is 3.26. The molecule has 0 saturated carbocycles. The summed E-state index contributed by atoms with van der Waals surface area (Å²) in [5.41, 5.74) is 0. The van der Waals surface area contributed by atoms with Gasteiger partial charge in [-0.05, 0) is 25.0 Å². The van der Waals surface area contributed by atoms with E-state index < -0.39 is 0 Å². The first-order valence-corrected chi connectivity index (χ1v) is 7.85. The summed E-state index contributed by atoms with van der Waals surface area (Å²) in [4.78, 5) is 0. The van der Waals surface area contributed by atoms with Crippen LogP contribution >= 0.6 is 11.6 Å². The number of hydrogen-bond acceptors (Lipinski definition) is 3. The Morgan fingerprint density at radius 2 is 2.05 bits per heavy atom. The molecule has 1 saturated heterocycles. The van der Waals surface area contributed by atoms with Crippen LogP contribution in [-0.4, -0.2) is 32.4 Å². The zero-order valence-corrected chi connectivity index (χ0v) is 12.7. The molecule has 1 heterocycles. The average Bonchev–Trinajstić information content (AvgIpc) is 3.03. The zero-order chi connectivity index (χ0) is 14.5. The van der Waals surface area contributed by atoms with Crippen LogP contribution in [0.2, 0.25) is 5.02 Å². The maximum absolute atomic E-state index is 6.20. The predicted molar refractivity (Wildman–Crippen MR) is 86.3 cm³/mol. The van der Waals surface area contributed by atoms with Gasteiger partial charge in [0.15, 0.2) is 0 Å². The second kappa shape index (κ2) is 7.12. The molecule has 2 aromatic carbocycles. The van der Waals surface area contributed by atoms with Crippen LogP contribution in [0.15, 0.2) is 36.4 Å². The van der Waals surface area contributed by atoms with Gasteiger partial charge in [-0.2, -0.15) is 0 Å². The Morgan fingerprint density at radius 1 is 1.19 bits per heavy atom. The van der Waals surface area contributed by atoms with Crippen molar-refractivity contribution in [3.63, 3.8) is 0 Å². The number of nitrogens with one attached hydrogen (secondary N) is 1. The van der Waals surface area contributed by atoms with Gasteiger partial charge >= 0.3 is 0 Å². The lowest BCUT2D eigenvalue weighted by molar-refractivity contribution is 0.109. The first-order valence-electron chi connectivity index (χ1n) is 7.47. The predicted octanol–water partition coefficient (Wildman–Crippen LogP) is 3.64. The minimum atomic E-state index is 0.376. The molecule has 0 unspecified atom stereocenters. The van der Waals surface area contributed by atoms with Gasteiger partial charge in [0.2, 0.25) is 0 Å². The molecule has 1 atom stereocenters. The van der Waals surface area contributed by atoms with Crippen LogP contribution in [0.3, 0.4) is 0 Å². The molecule has 4 heteroatoms. The van der Waals surface area contributed by atoms with Crippen LogP contribution in [-0.2, 0) is 4.74 Å². The normalized spacial score (nSPS) is 18.2. The topological polar surface area (TPSA) is 30.5 Å². The third kappa shape index (κ3) is 3.67. The number of hydrogen-bond donors (Lipinski definition) is 1. The van der Waals surface area contributed by atoms with Crippen LogP contribution in [0.25, 0.3) is 10.8 Å². The van der Waals surface area contributed by atoms with Crippen molar-refractivity contribution in [3.8, 4) is 5.75 Å². The van der Waals surface area contributed by atoms with Crippen LogP contribution in [0.4, 0.5) is 0 Å². The number of halogens is 1. The van der Waals surface area contributed by atoms with E-state index in [9.17, 15) is 0 Å². The molecule has 21 heavy (non-hydrogen) atoms. The fraction of sp³-hybridized carbons (Fsp3) is 0.412. The molecule has 1 N–H and O–H groups in total. The van der Waals surface area contributed by atoms with E-state index in [1.165, 1.54) is 6.42 Å². The third-order valence-corrected chi connectivity index (χ3v) is 4.09. The number of benzene rings is 2. The van der Waals surface area contributed by atoms with E-state index in [0.717, 1.165) is 47.7 Å². The molecular formula is C17H20ClNO2. The molecule has 3 rings (SSSR count). The molecule has 0 amide bonds. The first-order chi connectivity index (χ1) is 10.3. The number of rotatable bonds is 6. The van der Waals surface area contributed by atoms with Crippen molar-refractivity contribution in [2.45, 2.75) is 18.9 Å². The highest BCUT2D eigenvalue weighted by atomic mass is 35.5. The maximum Gasteiger partial charge on any atom is 0.127 e. The average molecular weight is 306 g/mol. The molecule has 2 aromatic rings. The molecule has 0 bridgehead atoms. The zero-order valence-electron chi connectivity index (χ0n) is 12.0. The highest BCUT2D eigenvalue weighted by molar-refractivity contribution is 6.35. The SMILES string of the molecule is Clc1ccc(OCCNC[C@H]2CCCO2)c2ccccc12. The molecule has 1 fully saturated rings. The highest BCUT2D eigenvalue weighted by Gasteiger charge is 2.14. The van der Waals surface area contributed by atoms with Crippen molar-refractivity contribution in [3.05, 3.63) is 41.4 Å².